The molecule has 1 saturated heterocycles. The lowest BCUT2D eigenvalue weighted by Crippen LogP contribution is -2.39. The summed E-state index contributed by atoms with van der Waals surface area (Å²) >= 11 is 0. The number of aryl methyl sites for hydroxylation is 1. The molecule has 6 heteroatoms. The number of nitrogens with one attached hydrogen (secondary N) is 1. The summed E-state index contributed by atoms with van der Waals surface area (Å²) in [5.74, 6) is 0.0217. The molecule has 1 aliphatic heterocycles. The van der Waals surface area contributed by atoms with Gasteiger partial charge in [0.25, 0.3) is 5.56 Å². The van der Waals surface area contributed by atoms with Crippen molar-refractivity contribution in [3.05, 3.63) is 46.2 Å². The van der Waals surface area contributed by atoms with Gasteiger partial charge in [0.05, 0.1) is 11.1 Å². The molecule has 1 N–H and O–H groups in total. The number of carbonyl (C=O) groups is 1. The Kier molecular flexibility index (Phi) is 5.74. The van der Waals surface area contributed by atoms with Crippen LogP contribution in [0.15, 0.2) is 35.1 Å². The van der Waals surface area contributed by atoms with Gasteiger partial charge in [0.2, 0.25) is 5.91 Å². The first-order chi connectivity index (χ1) is 12.5. The second-order valence-corrected chi connectivity index (χ2v) is 6.90. The fourth-order valence-corrected chi connectivity index (χ4v) is 3.47. The van der Waals surface area contributed by atoms with Crippen molar-refractivity contribution >= 4 is 16.8 Å². The van der Waals surface area contributed by atoms with E-state index < -0.39 is 0 Å². The predicted molar refractivity (Wildman–Crippen MR) is 100 cm³/mol. The summed E-state index contributed by atoms with van der Waals surface area (Å²) in [6.45, 7) is 1.85. The Morgan fingerprint density at radius 1 is 1.27 bits per heavy atom. The molecule has 1 fully saturated rings. The van der Waals surface area contributed by atoms with E-state index >= 15 is 0 Å². The standard InChI is InChI=1S/C20H26N2O4/c1-22-17-5-3-15(13-16(17)4-6-19(22)24)14-21-18(23)7-8-20(25-2)9-11-26-12-10-20/h3-6,13H,7-12,14H2,1-2H3,(H,21,23). The van der Waals surface area contributed by atoms with Crippen molar-refractivity contribution in [2.45, 2.75) is 37.8 Å². The van der Waals surface area contributed by atoms with Gasteiger partial charge in [0, 0.05) is 46.4 Å². The summed E-state index contributed by atoms with van der Waals surface area (Å²) in [4.78, 5) is 23.9. The first-order valence-corrected chi connectivity index (χ1v) is 9.01. The van der Waals surface area contributed by atoms with Crippen molar-refractivity contribution in [1.29, 1.82) is 0 Å². The van der Waals surface area contributed by atoms with Crippen molar-refractivity contribution in [2.24, 2.45) is 7.05 Å². The first-order valence-electron chi connectivity index (χ1n) is 9.01. The van der Waals surface area contributed by atoms with Gasteiger partial charge in [-0.2, -0.15) is 0 Å². The topological polar surface area (TPSA) is 69.6 Å². The van der Waals surface area contributed by atoms with E-state index in [1.165, 1.54) is 0 Å². The van der Waals surface area contributed by atoms with Gasteiger partial charge < -0.3 is 19.4 Å². The molecular formula is C20H26N2O4. The third-order valence-electron chi connectivity index (χ3n) is 5.32. The quantitative estimate of drug-likeness (QED) is 0.859. The number of amides is 1. The highest BCUT2D eigenvalue weighted by Gasteiger charge is 2.32. The van der Waals surface area contributed by atoms with Crippen molar-refractivity contribution < 1.29 is 14.3 Å². The van der Waals surface area contributed by atoms with Gasteiger partial charge in [-0.3, -0.25) is 9.59 Å². The molecule has 140 valence electrons. The smallest absolute Gasteiger partial charge is 0.250 e. The fraction of sp³-hybridized carbons (Fsp3) is 0.500. The summed E-state index contributed by atoms with van der Waals surface area (Å²) in [5, 5.41) is 3.96. The molecule has 3 rings (SSSR count). The van der Waals surface area contributed by atoms with E-state index in [9.17, 15) is 9.59 Å². The second kappa shape index (κ2) is 8.01. The molecule has 0 bridgehead atoms. The van der Waals surface area contributed by atoms with Crippen molar-refractivity contribution in [3.63, 3.8) is 0 Å². The zero-order valence-electron chi connectivity index (χ0n) is 15.4. The van der Waals surface area contributed by atoms with Gasteiger partial charge in [-0.05, 0) is 48.4 Å². The van der Waals surface area contributed by atoms with Crippen LogP contribution in [0, 0.1) is 0 Å². The van der Waals surface area contributed by atoms with Crippen LogP contribution in [-0.2, 0) is 27.9 Å². The molecule has 2 heterocycles. The van der Waals surface area contributed by atoms with Gasteiger partial charge in [-0.25, -0.2) is 0 Å². The molecule has 1 amide bonds. The lowest BCUT2D eigenvalue weighted by Gasteiger charge is -2.35. The van der Waals surface area contributed by atoms with Crippen LogP contribution in [0.4, 0.5) is 0 Å². The zero-order valence-corrected chi connectivity index (χ0v) is 15.4. The molecule has 0 unspecified atom stereocenters. The lowest BCUT2D eigenvalue weighted by atomic mass is 9.89. The van der Waals surface area contributed by atoms with Gasteiger partial charge >= 0.3 is 0 Å². The zero-order chi connectivity index (χ0) is 18.6. The molecule has 0 radical (unpaired) electrons. The molecule has 2 aromatic rings. The van der Waals surface area contributed by atoms with E-state index in [-0.39, 0.29) is 17.1 Å². The molecule has 0 saturated carbocycles. The summed E-state index contributed by atoms with van der Waals surface area (Å²) in [7, 11) is 3.47. The maximum absolute atomic E-state index is 12.2. The Balaban J connectivity index is 1.56. The monoisotopic (exact) mass is 358 g/mol. The third-order valence-corrected chi connectivity index (χ3v) is 5.32. The Bertz CT molecular complexity index is 837. The lowest BCUT2D eigenvalue weighted by molar-refractivity contribution is -0.126. The fourth-order valence-electron chi connectivity index (χ4n) is 3.47. The molecule has 1 aromatic carbocycles. The number of hydrogen-bond donors (Lipinski definition) is 1. The van der Waals surface area contributed by atoms with E-state index in [1.54, 1.807) is 24.8 Å². The van der Waals surface area contributed by atoms with Gasteiger partial charge in [0.1, 0.15) is 0 Å². The highest BCUT2D eigenvalue weighted by Crippen LogP contribution is 2.29. The summed E-state index contributed by atoms with van der Waals surface area (Å²) in [6.07, 6.45) is 2.81. The molecule has 0 aliphatic carbocycles. The molecule has 0 atom stereocenters. The Morgan fingerprint density at radius 2 is 2.04 bits per heavy atom. The summed E-state index contributed by atoms with van der Waals surface area (Å²) in [5.41, 5.74) is 1.63. The van der Waals surface area contributed by atoms with Crippen LogP contribution < -0.4 is 10.9 Å². The second-order valence-electron chi connectivity index (χ2n) is 6.90. The minimum Gasteiger partial charge on any atom is -0.381 e. The van der Waals surface area contributed by atoms with Gasteiger partial charge in [-0.1, -0.05) is 6.07 Å². The van der Waals surface area contributed by atoms with Crippen LogP contribution in [-0.4, -0.2) is 36.4 Å². The SMILES string of the molecule is COC1(CCC(=O)NCc2ccc3c(ccc(=O)n3C)c2)CCOCC1. The van der Waals surface area contributed by atoms with Gasteiger partial charge in [0.15, 0.2) is 0 Å². The normalized spacial score (nSPS) is 16.5. The molecule has 1 aliphatic rings. The number of ether oxygens (including phenoxy) is 2. The number of carbonyl (C=O) groups excluding carboxylic acids is 1. The van der Waals surface area contributed by atoms with Crippen molar-refractivity contribution in [2.75, 3.05) is 20.3 Å². The number of methoxy groups -OCH3 is 1. The minimum absolute atomic E-state index is 0.0217. The van der Waals surface area contributed by atoms with Crippen LogP contribution in [0.1, 0.15) is 31.2 Å². The summed E-state index contributed by atoms with van der Waals surface area (Å²) in [6, 6.07) is 9.24. The predicted octanol–water partition coefficient (Wildman–Crippen LogP) is 2.13. The average molecular weight is 358 g/mol. The number of hydrogen-bond acceptors (Lipinski definition) is 4. The van der Waals surface area contributed by atoms with E-state index in [0.717, 1.165) is 29.3 Å². The number of nitrogens with zero attached hydrogens (tertiary/aromatic N) is 1. The highest BCUT2D eigenvalue weighted by molar-refractivity contribution is 5.80. The van der Waals surface area contributed by atoms with Crippen LogP contribution in [0.2, 0.25) is 0 Å². The molecule has 6 nitrogen and oxygen atoms in total. The number of aromatic nitrogens is 1. The molecular weight excluding hydrogens is 332 g/mol. The van der Waals surface area contributed by atoms with Gasteiger partial charge in [-0.15, -0.1) is 0 Å². The molecule has 26 heavy (non-hydrogen) atoms. The molecule has 0 spiro atoms. The summed E-state index contributed by atoms with van der Waals surface area (Å²) < 4.78 is 12.7. The van der Waals surface area contributed by atoms with E-state index in [1.807, 2.05) is 24.3 Å². The maximum Gasteiger partial charge on any atom is 0.250 e. The molecule has 1 aromatic heterocycles. The van der Waals surface area contributed by atoms with Crippen LogP contribution in [0.3, 0.4) is 0 Å². The third kappa shape index (κ3) is 4.14. The minimum atomic E-state index is -0.233. The van der Waals surface area contributed by atoms with Crippen LogP contribution in [0.25, 0.3) is 10.9 Å². The van der Waals surface area contributed by atoms with Crippen molar-refractivity contribution in [1.82, 2.24) is 9.88 Å². The largest absolute Gasteiger partial charge is 0.381 e. The maximum atomic E-state index is 12.2. The number of benzene rings is 1. The Morgan fingerprint density at radius 3 is 2.77 bits per heavy atom. The Hall–Kier alpha value is -2.18. The number of pyridine rings is 1. The highest BCUT2D eigenvalue weighted by atomic mass is 16.5. The average Bonchev–Trinajstić information content (AvgIpc) is 2.68. The van der Waals surface area contributed by atoms with Crippen LogP contribution in [0.5, 0.6) is 0 Å². The van der Waals surface area contributed by atoms with E-state index in [2.05, 4.69) is 5.32 Å². The first kappa shape index (κ1) is 18.6. The van der Waals surface area contributed by atoms with E-state index in [4.69, 9.17) is 9.47 Å². The van der Waals surface area contributed by atoms with E-state index in [0.29, 0.717) is 32.6 Å². The van der Waals surface area contributed by atoms with Crippen LogP contribution >= 0.6 is 0 Å². The number of rotatable bonds is 6. The van der Waals surface area contributed by atoms with Crippen molar-refractivity contribution in [3.8, 4) is 0 Å². The Labute approximate surface area is 153 Å². The number of fused-ring (bicyclic) bond motifs is 1.